The topological polar surface area (TPSA) is 44.5 Å². The Hall–Kier alpha value is -0.380. The van der Waals surface area contributed by atoms with Gasteiger partial charge in [0, 0.05) is 19.8 Å². The number of rotatable bonds is 4. The third-order valence-corrected chi connectivity index (χ3v) is 1.90. The standard InChI is InChI=1S/C9H17NO2/c10-5-1-2-6-12-9-3-7-11-8-4-9/h1-2,9H,3-8,10H2. The van der Waals surface area contributed by atoms with Crippen LogP contribution in [0.15, 0.2) is 12.2 Å². The Morgan fingerprint density at radius 3 is 2.75 bits per heavy atom. The van der Waals surface area contributed by atoms with Crippen molar-refractivity contribution in [3.05, 3.63) is 12.2 Å². The second-order valence-corrected chi connectivity index (χ2v) is 2.85. The largest absolute Gasteiger partial charge is 0.381 e. The maximum Gasteiger partial charge on any atom is 0.0651 e. The van der Waals surface area contributed by atoms with Gasteiger partial charge < -0.3 is 15.2 Å². The van der Waals surface area contributed by atoms with Crippen LogP contribution in [0.3, 0.4) is 0 Å². The van der Waals surface area contributed by atoms with Gasteiger partial charge in [-0.1, -0.05) is 12.2 Å². The van der Waals surface area contributed by atoms with E-state index in [1.165, 1.54) is 0 Å². The van der Waals surface area contributed by atoms with Crippen LogP contribution >= 0.6 is 0 Å². The summed E-state index contributed by atoms with van der Waals surface area (Å²) >= 11 is 0. The predicted octanol–water partition coefficient (Wildman–Crippen LogP) is 0.697. The number of nitrogens with two attached hydrogens (primary N) is 1. The molecule has 0 aromatic heterocycles. The van der Waals surface area contributed by atoms with E-state index in [4.69, 9.17) is 15.2 Å². The van der Waals surface area contributed by atoms with Crippen molar-refractivity contribution in [3.63, 3.8) is 0 Å². The Labute approximate surface area is 73.5 Å². The molecule has 3 heteroatoms. The van der Waals surface area contributed by atoms with Crippen molar-refractivity contribution in [1.29, 1.82) is 0 Å². The first-order valence-electron chi connectivity index (χ1n) is 4.48. The van der Waals surface area contributed by atoms with Crippen LogP contribution in [-0.2, 0) is 9.47 Å². The van der Waals surface area contributed by atoms with E-state index in [9.17, 15) is 0 Å². The maximum absolute atomic E-state index is 5.56. The first-order valence-corrected chi connectivity index (χ1v) is 4.48. The second kappa shape index (κ2) is 6.17. The summed E-state index contributed by atoms with van der Waals surface area (Å²) < 4.78 is 10.8. The maximum atomic E-state index is 5.56. The van der Waals surface area contributed by atoms with Gasteiger partial charge in [-0.2, -0.15) is 0 Å². The van der Waals surface area contributed by atoms with E-state index in [1.54, 1.807) is 0 Å². The molecule has 0 aromatic carbocycles. The van der Waals surface area contributed by atoms with Gasteiger partial charge in [0.15, 0.2) is 0 Å². The fourth-order valence-corrected chi connectivity index (χ4v) is 1.20. The van der Waals surface area contributed by atoms with Gasteiger partial charge in [-0.3, -0.25) is 0 Å². The van der Waals surface area contributed by atoms with Crippen molar-refractivity contribution in [2.24, 2.45) is 5.73 Å². The Balaban J connectivity index is 2.01. The van der Waals surface area contributed by atoms with E-state index < -0.39 is 0 Å². The molecule has 1 fully saturated rings. The van der Waals surface area contributed by atoms with Gasteiger partial charge in [0.05, 0.1) is 12.7 Å². The Kier molecular flexibility index (Phi) is 4.99. The average molecular weight is 171 g/mol. The minimum atomic E-state index is 0.390. The van der Waals surface area contributed by atoms with E-state index in [-0.39, 0.29) is 0 Å². The van der Waals surface area contributed by atoms with Crippen molar-refractivity contribution in [2.45, 2.75) is 18.9 Å². The molecule has 0 atom stereocenters. The lowest BCUT2D eigenvalue weighted by Gasteiger charge is -2.21. The molecule has 0 bridgehead atoms. The molecular formula is C9H17NO2. The molecule has 2 N–H and O–H groups in total. The zero-order valence-corrected chi connectivity index (χ0v) is 7.37. The van der Waals surface area contributed by atoms with E-state index in [0.717, 1.165) is 26.1 Å². The lowest BCUT2D eigenvalue weighted by atomic mass is 10.2. The molecule has 0 aromatic rings. The normalized spacial score (nSPS) is 20.4. The van der Waals surface area contributed by atoms with Crippen LogP contribution in [0.25, 0.3) is 0 Å². The smallest absolute Gasteiger partial charge is 0.0651 e. The summed E-state index contributed by atoms with van der Waals surface area (Å²) in [5, 5.41) is 0. The monoisotopic (exact) mass is 171 g/mol. The Bertz CT molecular complexity index is 130. The fourth-order valence-electron chi connectivity index (χ4n) is 1.20. The minimum absolute atomic E-state index is 0.390. The van der Waals surface area contributed by atoms with Crippen molar-refractivity contribution in [2.75, 3.05) is 26.4 Å². The van der Waals surface area contributed by atoms with Gasteiger partial charge in [-0.25, -0.2) is 0 Å². The molecule has 1 heterocycles. The van der Waals surface area contributed by atoms with E-state index in [2.05, 4.69) is 0 Å². The first-order chi connectivity index (χ1) is 5.93. The molecule has 1 aliphatic rings. The van der Waals surface area contributed by atoms with Crippen LogP contribution in [0.1, 0.15) is 12.8 Å². The van der Waals surface area contributed by atoms with Crippen molar-refractivity contribution in [1.82, 2.24) is 0 Å². The van der Waals surface area contributed by atoms with Crippen LogP contribution in [0, 0.1) is 0 Å². The molecule has 0 aliphatic carbocycles. The van der Waals surface area contributed by atoms with Gasteiger partial charge in [0.25, 0.3) is 0 Å². The quantitative estimate of drug-likeness (QED) is 0.633. The van der Waals surface area contributed by atoms with Gasteiger partial charge >= 0.3 is 0 Å². The summed E-state index contributed by atoms with van der Waals surface area (Å²) in [6.45, 7) is 2.95. The predicted molar refractivity (Wildman–Crippen MR) is 48.0 cm³/mol. The molecule has 1 saturated heterocycles. The minimum Gasteiger partial charge on any atom is -0.381 e. The summed E-state index contributed by atoms with van der Waals surface area (Å²) in [5.74, 6) is 0. The third-order valence-electron chi connectivity index (χ3n) is 1.90. The van der Waals surface area contributed by atoms with Crippen LogP contribution in [0.5, 0.6) is 0 Å². The highest BCUT2D eigenvalue weighted by molar-refractivity contribution is 4.82. The fraction of sp³-hybridized carbons (Fsp3) is 0.778. The molecule has 1 aliphatic heterocycles. The molecular weight excluding hydrogens is 154 g/mol. The van der Waals surface area contributed by atoms with E-state index >= 15 is 0 Å². The molecule has 0 radical (unpaired) electrons. The highest BCUT2D eigenvalue weighted by atomic mass is 16.5. The van der Waals surface area contributed by atoms with Gasteiger partial charge in [0.1, 0.15) is 0 Å². The van der Waals surface area contributed by atoms with Gasteiger partial charge in [-0.05, 0) is 12.8 Å². The molecule has 0 saturated carbocycles. The SMILES string of the molecule is NCC=CCOC1CCOCC1. The number of ether oxygens (including phenoxy) is 2. The highest BCUT2D eigenvalue weighted by Crippen LogP contribution is 2.09. The molecule has 0 amide bonds. The Morgan fingerprint density at radius 2 is 2.08 bits per heavy atom. The number of hydrogen-bond donors (Lipinski definition) is 1. The van der Waals surface area contributed by atoms with Crippen molar-refractivity contribution in [3.8, 4) is 0 Å². The summed E-state index contributed by atoms with van der Waals surface area (Å²) in [6, 6.07) is 0. The molecule has 0 unspecified atom stereocenters. The zero-order valence-electron chi connectivity index (χ0n) is 7.37. The second-order valence-electron chi connectivity index (χ2n) is 2.85. The van der Waals surface area contributed by atoms with Gasteiger partial charge in [0.2, 0.25) is 0 Å². The summed E-state index contributed by atoms with van der Waals surface area (Å²) in [5.41, 5.74) is 5.29. The highest BCUT2D eigenvalue weighted by Gasteiger charge is 2.12. The van der Waals surface area contributed by atoms with Crippen LogP contribution in [0.2, 0.25) is 0 Å². The van der Waals surface area contributed by atoms with Gasteiger partial charge in [-0.15, -0.1) is 0 Å². The molecule has 3 nitrogen and oxygen atoms in total. The van der Waals surface area contributed by atoms with Crippen LogP contribution in [-0.4, -0.2) is 32.5 Å². The Morgan fingerprint density at radius 1 is 1.33 bits per heavy atom. The van der Waals surface area contributed by atoms with Crippen molar-refractivity contribution >= 4 is 0 Å². The van der Waals surface area contributed by atoms with Crippen LogP contribution in [0.4, 0.5) is 0 Å². The summed E-state index contributed by atoms with van der Waals surface area (Å²) in [4.78, 5) is 0. The summed E-state index contributed by atoms with van der Waals surface area (Å²) in [7, 11) is 0. The van der Waals surface area contributed by atoms with E-state index in [0.29, 0.717) is 19.3 Å². The molecule has 70 valence electrons. The lowest BCUT2D eigenvalue weighted by Crippen LogP contribution is -2.23. The zero-order chi connectivity index (χ0) is 8.65. The first kappa shape index (κ1) is 9.71. The molecule has 12 heavy (non-hydrogen) atoms. The molecule has 1 rings (SSSR count). The van der Waals surface area contributed by atoms with Crippen molar-refractivity contribution < 1.29 is 9.47 Å². The van der Waals surface area contributed by atoms with E-state index in [1.807, 2.05) is 12.2 Å². The number of hydrogen-bond acceptors (Lipinski definition) is 3. The lowest BCUT2D eigenvalue weighted by molar-refractivity contribution is -0.0222. The average Bonchev–Trinajstić information content (AvgIpc) is 2.14. The third kappa shape index (κ3) is 3.85. The van der Waals surface area contributed by atoms with Crippen LogP contribution < -0.4 is 5.73 Å². The molecule has 0 spiro atoms. The summed E-state index contributed by atoms with van der Waals surface area (Å²) in [6.07, 6.45) is 6.32.